The summed E-state index contributed by atoms with van der Waals surface area (Å²) >= 11 is -0.750. The third kappa shape index (κ3) is 4.51. The van der Waals surface area contributed by atoms with Gasteiger partial charge in [-0.1, -0.05) is 31.1 Å². The topological polar surface area (TPSA) is 106 Å². The van der Waals surface area contributed by atoms with Crippen molar-refractivity contribution >= 4 is 39.3 Å². The molecular weight excluding hydrogens is 434 g/mol. The highest BCUT2D eigenvalue weighted by Crippen LogP contribution is 2.37. The van der Waals surface area contributed by atoms with Crippen LogP contribution in [0.1, 0.15) is 25.3 Å². The van der Waals surface area contributed by atoms with Gasteiger partial charge in [0.1, 0.15) is 17.4 Å². The zero-order valence-electron chi connectivity index (χ0n) is 18.9. The molecule has 0 spiro atoms. The average Bonchev–Trinajstić information content (AvgIpc) is 3.30. The molecule has 0 saturated carbocycles. The number of hydrogen-bond donors (Lipinski definition) is 2. The van der Waals surface area contributed by atoms with Crippen LogP contribution in [0.4, 0.5) is 17.3 Å². The summed E-state index contributed by atoms with van der Waals surface area (Å²) in [6, 6.07) is 8.35. The van der Waals surface area contributed by atoms with Crippen LogP contribution < -0.4 is 10.2 Å². The monoisotopic (exact) mass is 461 g/mol. The highest BCUT2D eigenvalue weighted by Gasteiger charge is 2.31. The van der Waals surface area contributed by atoms with E-state index in [0.717, 1.165) is 35.6 Å². The largest absolute Gasteiger partial charge is 0.617 e. The van der Waals surface area contributed by atoms with Crippen molar-refractivity contribution in [3.63, 3.8) is 0 Å². The molecule has 0 bridgehead atoms. The summed E-state index contributed by atoms with van der Waals surface area (Å²) in [6.45, 7) is 6.29. The van der Waals surface area contributed by atoms with E-state index in [4.69, 9.17) is 4.98 Å². The Morgan fingerprint density at radius 3 is 2.73 bits per heavy atom. The van der Waals surface area contributed by atoms with Crippen LogP contribution in [0.25, 0.3) is 22.2 Å². The fourth-order valence-electron chi connectivity index (χ4n) is 4.37. The molecule has 0 amide bonds. The van der Waals surface area contributed by atoms with Crippen molar-refractivity contribution in [2.45, 2.75) is 19.8 Å². The fraction of sp³-hybridized carbons (Fsp3) is 0.333. The van der Waals surface area contributed by atoms with Crippen molar-refractivity contribution < 1.29 is 4.55 Å². The SMILES string of the molecule is CC(C)c1ccc(N2CC(C[S+](C)[O-])C2)c2cnc(Nc3ccnc(-c4cn[nH]c4)n3)cc12. The number of nitrogens with zero attached hydrogens (tertiary/aromatic N) is 5. The predicted octanol–water partition coefficient (Wildman–Crippen LogP) is 4.10. The maximum absolute atomic E-state index is 11.6. The number of aromatic amines is 1. The molecule has 2 N–H and O–H groups in total. The number of fused-ring (bicyclic) bond motifs is 1. The Labute approximate surface area is 196 Å². The number of benzene rings is 1. The van der Waals surface area contributed by atoms with Crippen LogP contribution in [0.3, 0.4) is 0 Å². The summed E-state index contributed by atoms with van der Waals surface area (Å²) in [4.78, 5) is 16.0. The first-order chi connectivity index (χ1) is 16.0. The lowest BCUT2D eigenvalue weighted by Gasteiger charge is -2.41. The normalized spacial score (nSPS) is 15.1. The van der Waals surface area contributed by atoms with Crippen molar-refractivity contribution in [2.75, 3.05) is 35.3 Å². The molecule has 1 aromatic carbocycles. The first-order valence-electron chi connectivity index (χ1n) is 11.0. The van der Waals surface area contributed by atoms with Gasteiger partial charge in [0, 0.05) is 48.7 Å². The van der Waals surface area contributed by atoms with Crippen molar-refractivity contribution in [3.8, 4) is 11.4 Å². The molecule has 3 aromatic heterocycles. The van der Waals surface area contributed by atoms with Gasteiger partial charge in [0.2, 0.25) is 0 Å². The van der Waals surface area contributed by atoms with Crippen LogP contribution in [-0.4, -0.2) is 54.8 Å². The lowest BCUT2D eigenvalue weighted by Crippen LogP contribution is -2.49. The molecule has 5 rings (SSSR count). The van der Waals surface area contributed by atoms with Gasteiger partial charge < -0.3 is 14.8 Å². The third-order valence-electron chi connectivity index (χ3n) is 5.97. The van der Waals surface area contributed by atoms with E-state index in [9.17, 15) is 4.55 Å². The lowest BCUT2D eigenvalue weighted by molar-refractivity contribution is 0.445. The van der Waals surface area contributed by atoms with E-state index in [0.29, 0.717) is 23.5 Å². The van der Waals surface area contributed by atoms with E-state index in [1.54, 1.807) is 24.8 Å². The summed E-state index contributed by atoms with van der Waals surface area (Å²) in [5, 5.41) is 12.4. The molecule has 4 heterocycles. The van der Waals surface area contributed by atoms with Crippen molar-refractivity contribution in [1.82, 2.24) is 25.1 Å². The molecule has 1 fully saturated rings. The number of pyridine rings is 1. The van der Waals surface area contributed by atoms with E-state index in [1.165, 1.54) is 16.6 Å². The van der Waals surface area contributed by atoms with Crippen molar-refractivity contribution in [3.05, 3.63) is 54.6 Å². The van der Waals surface area contributed by atoms with Gasteiger partial charge in [-0.25, -0.2) is 15.0 Å². The summed E-state index contributed by atoms with van der Waals surface area (Å²) in [5.41, 5.74) is 3.31. The zero-order valence-corrected chi connectivity index (χ0v) is 19.8. The Morgan fingerprint density at radius 2 is 2.00 bits per heavy atom. The van der Waals surface area contributed by atoms with Crippen molar-refractivity contribution in [2.24, 2.45) is 5.92 Å². The van der Waals surface area contributed by atoms with Crippen LogP contribution in [0.5, 0.6) is 0 Å². The molecule has 4 aromatic rings. The molecule has 1 atom stereocenters. The molecule has 8 nitrogen and oxygen atoms in total. The molecule has 1 saturated heterocycles. The number of nitrogens with one attached hydrogen (secondary N) is 2. The molecule has 0 radical (unpaired) electrons. The van der Waals surface area contributed by atoms with E-state index in [2.05, 4.69) is 62.4 Å². The van der Waals surface area contributed by atoms with Gasteiger partial charge in [-0.05, 0) is 35.1 Å². The van der Waals surface area contributed by atoms with Gasteiger partial charge >= 0.3 is 0 Å². The summed E-state index contributed by atoms with van der Waals surface area (Å²) in [5.74, 6) is 3.65. The predicted molar refractivity (Wildman–Crippen MR) is 133 cm³/mol. The Kier molecular flexibility index (Phi) is 5.90. The van der Waals surface area contributed by atoms with Crippen LogP contribution in [0.15, 0.2) is 49.1 Å². The molecular formula is C24H27N7OS. The lowest BCUT2D eigenvalue weighted by atomic mass is 9.93. The molecule has 170 valence electrons. The van der Waals surface area contributed by atoms with E-state index in [-0.39, 0.29) is 0 Å². The average molecular weight is 462 g/mol. The van der Waals surface area contributed by atoms with E-state index in [1.807, 2.05) is 12.3 Å². The maximum Gasteiger partial charge on any atom is 0.164 e. The van der Waals surface area contributed by atoms with Crippen LogP contribution in [0, 0.1) is 5.92 Å². The molecule has 33 heavy (non-hydrogen) atoms. The van der Waals surface area contributed by atoms with Gasteiger partial charge in [0.15, 0.2) is 5.82 Å². The summed E-state index contributed by atoms with van der Waals surface area (Å²) < 4.78 is 11.6. The highest BCUT2D eigenvalue weighted by atomic mass is 32.2. The van der Waals surface area contributed by atoms with Gasteiger partial charge in [-0.3, -0.25) is 5.10 Å². The molecule has 1 aliphatic heterocycles. The zero-order chi connectivity index (χ0) is 22.9. The van der Waals surface area contributed by atoms with Crippen LogP contribution in [-0.2, 0) is 11.2 Å². The Morgan fingerprint density at radius 1 is 1.15 bits per heavy atom. The van der Waals surface area contributed by atoms with Crippen LogP contribution in [0.2, 0.25) is 0 Å². The van der Waals surface area contributed by atoms with Gasteiger partial charge in [-0.15, -0.1) is 0 Å². The van der Waals surface area contributed by atoms with Crippen molar-refractivity contribution in [1.29, 1.82) is 0 Å². The number of anilines is 3. The minimum atomic E-state index is -0.750. The number of H-pyrrole nitrogens is 1. The summed E-state index contributed by atoms with van der Waals surface area (Å²) in [7, 11) is 0. The quantitative estimate of drug-likeness (QED) is 0.399. The third-order valence-corrected chi connectivity index (χ3v) is 6.91. The Bertz CT molecular complexity index is 1250. The van der Waals surface area contributed by atoms with Gasteiger partial charge in [-0.2, -0.15) is 5.10 Å². The second-order valence-electron chi connectivity index (χ2n) is 8.83. The summed E-state index contributed by atoms with van der Waals surface area (Å²) in [6.07, 6.45) is 8.91. The first kappa shape index (κ1) is 21.7. The molecule has 1 aliphatic rings. The number of hydrogen-bond acceptors (Lipinski definition) is 7. The van der Waals surface area contributed by atoms with E-state index < -0.39 is 11.2 Å². The minimum Gasteiger partial charge on any atom is -0.617 e. The van der Waals surface area contributed by atoms with Gasteiger partial charge in [0.25, 0.3) is 0 Å². The fourth-order valence-corrected chi connectivity index (χ4v) is 5.24. The Hall–Kier alpha value is -3.17. The second kappa shape index (κ2) is 8.99. The van der Waals surface area contributed by atoms with E-state index >= 15 is 0 Å². The second-order valence-corrected chi connectivity index (χ2v) is 10.3. The molecule has 0 aliphatic carbocycles. The van der Waals surface area contributed by atoms with Gasteiger partial charge in [0.05, 0.1) is 18.0 Å². The molecule has 9 heteroatoms. The minimum absolute atomic E-state index is 0.384. The highest BCUT2D eigenvalue weighted by molar-refractivity contribution is 7.90. The standard InChI is InChI=1S/C24H27N7OS/c1-15(2)18-4-5-21(31-12-16(13-31)14-33(3)32)20-11-26-23(8-19(18)20)29-22-6-7-25-24(30-22)17-9-27-28-10-17/h4-11,15-16H,12-14H2,1-3H3,(H,27,28)(H,25,26,29,30). The number of aromatic nitrogens is 5. The Balaban J connectivity index is 1.45. The first-order valence-corrected chi connectivity index (χ1v) is 12.8. The smallest absolute Gasteiger partial charge is 0.164 e. The number of rotatable bonds is 7. The maximum atomic E-state index is 11.6. The molecule has 1 unspecified atom stereocenters. The van der Waals surface area contributed by atoms with Crippen LogP contribution >= 0.6 is 0 Å².